The molecule has 1 aromatic carbocycles. The van der Waals surface area contributed by atoms with Crippen LogP contribution in [-0.2, 0) is 14.6 Å². The second-order valence-corrected chi connectivity index (χ2v) is 6.88. The first-order valence-corrected chi connectivity index (χ1v) is 7.93. The Bertz CT molecular complexity index is 514. The molecule has 0 aliphatic heterocycles. The summed E-state index contributed by atoms with van der Waals surface area (Å²) in [7, 11) is -3.89. The fraction of sp³-hybridized carbons (Fsp3) is 0.500. The molecule has 4 nitrogen and oxygen atoms in total. The van der Waals surface area contributed by atoms with Gasteiger partial charge in [-0.25, -0.2) is 8.42 Å². The number of carboxylic acids is 1. The quantitative estimate of drug-likeness (QED) is 0.835. The third kappa shape index (κ3) is 2.81. The average molecular weight is 284 g/mol. The third-order valence-electron chi connectivity index (χ3n) is 3.27. The van der Waals surface area contributed by atoms with Crippen LogP contribution in [0.3, 0.4) is 0 Å². The number of hydrogen-bond acceptors (Lipinski definition) is 3. The highest BCUT2D eigenvalue weighted by atomic mass is 32.2. The lowest BCUT2D eigenvalue weighted by Gasteiger charge is -2.28. The summed E-state index contributed by atoms with van der Waals surface area (Å²) >= 11 is 0. The first kappa shape index (κ1) is 15.7. The first-order chi connectivity index (χ1) is 8.92. The Kier molecular flexibility index (Phi) is 5.11. The molecule has 0 bridgehead atoms. The number of sulfone groups is 1. The Balaban J connectivity index is 3.43. The van der Waals surface area contributed by atoms with Crippen molar-refractivity contribution in [2.24, 2.45) is 0 Å². The fourth-order valence-corrected chi connectivity index (χ4v) is 4.50. The highest BCUT2D eigenvalue weighted by Gasteiger charge is 2.50. The lowest BCUT2D eigenvalue weighted by atomic mass is 9.97. The smallest absolute Gasteiger partial charge is 0.325 e. The molecule has 0 amide bonds. The van der Waals surface area contributed by atoms with Crippen LogP contribution in [0.4, 0.5) is 0 Å². The van der Waals surface area contributed by atoms with Crippen molar-refractivity contribution in [2.75, 3.05) is 0 Å². The molecule has 1 rings (SSSR count). The molecule has 0 spiro atoms. The van der Waals surface area contributed by atoms with Crippen molar-refractivity contribution in [3.05, 3.63) is 30.3 Å². The van der Waals surface area contributed by atoms with Crippen molar-refractivity contribution >= 4 is 15.8 Å². The maximum Gasteiger partial charge on any atom is 0.325 e. The molecule has 0 radical (unpaired) electrons. The van der Waals surface area contributed by atoms with Gasteiger partial charge < -0.3 is 5.11 Å². The highest BCUT2D eigenvalue weighted by molar-refractivity contribution is 7.93. The molecule has 5 heteroatoms. The summed E-state index contributed by atoms with van der Waals surface area (Å²) in [6.07, 6.45) is 1.29. The molecular weight excluding hydrogens is 264 g/mol. The zero-order valence-corrected chi connectivity index (χ0v) is 12.1. The highest BCUT2D eigenvalue weighted by Crippen LogP contribution is 2.34. The molecule has 19 heavy (non-hydrogen) atoms. The number of rotatable bonds is 7. The van der Waals surface area contributed by atoms with Gasteiger partial charge in [0.1, 0.15) is 0 Å². The lowest BCUT2D eigenvalue weighted by molar-refractivity contribution is -0.140. The number of hydrogen-bond donors (Lipinski definition) is 1. The predicted octanol–water partition coefficient (Wildman–Crippen LogP) is 2.88. The van der Waals surface area contributed by atoms with Crippen LogP contribution in [0.2, 0.25) is 0 Å². The van der Waals surface area contributed by atoms with Crippen LogP contribution in [-0.4, -0.2) is 24.2 Å². The molecule has 0 aliphatic rings. The zero-order valence-electron chi connectivity index (χ0n) is 11.3. The number of benzene rings is 1. The van der Waals surface area contributed by atoms with Crippen LogP contribution < -0.4 is 0 Å². The van der Waals surface area contributed by atoms with Gasteiger partial charge in [0.15, 0.2) is 14.6 Å². The van der Waals surface area contributed by atoms with Crippen LogP contribution in [0.1, 0.15) is 39.5 Å². The summed E-state index contributed by atoms with van der Waals surface area (Å²) in [4.78, 5) is 11.7. The van der Waals surface area contributed by atoms with Gasteiger partial charge in [0, 0.05) is 0 Å². The molecule has 0 aromatic heterocycles. The standard InChI is InChI=1S/C14H20O4S/c1-3-10-14(11-4-2,13(15)16)19(17,18)12-8-6-5-7-9-12/h5-9H,3-4,10-11H2,1-2H3,(H,15,16). The van der Waals surface area contributed by atoms with Gasteiger partial charge in [-0.1, -0.05) is 44.9 Å². The lowest BCUT2D eigenvalue weighted by Crippen LogP contribution is -2.46. The van der Waals surface area contributed by atoms with E-state index in [4.69, 9.17) is 0 Å². The van der Waals surface area contributed by atoms with E-state index in [-0.39, 0.29) is 17.7 Å². The van der Waals surface area contributed by atoms with E-state index in [1.807, 2.05) is 0 Å². The number of aliphatic carboxylic acids is 1. The Labute approximate surface area is 114 Å². The minimum absolute atomic E-state index is 0.0827. The predicted molar refractivity (Wildman–Crippen MR) is 73.8 cm³/mol. The Hall–Kier alpha value is -1.36. The molecule has 0 unspecified atom stereocenters. The van der Waals surface area contributed by atoms with Gasteiger partial charge >= 0.3 is 5.97 Å². The maximum absolute atomic E-state index is 12.7. The molecule has 106 valence electrons. The summed E-state index contributed by atoms with van der Waals surface area (Å²) in [5, 5.41) is 9.50. The van der Waals surface area contributed by atoms with E-state index in [2.05, 4.69) is 0 Å². The van der Waals surface area contributed by atoms with E-state index in [1.54, 1.807) is 32.0 Å². The summed E-state index contributed by atoms with van der Waals surface area (Å²) in [5.74, 6) is -1.25. The van der Waals surface area contributed by atoms with Gasteiger partial charge in [-0.15, -0.1) is 0 Å². The zero-order chi connectivity index (χ0) is 14.5. The van der Waals surface area contributed by atoms with Gasteiger partial charge in [0.05, 0.1) is 4.90 Å². The van der Waals surface area contributed by atoms with Crippen molar-refractivity contribution in [3.63, 3.8) is 0 Å². The van der Waals surface area contributed by atoms with E-state index in [1.165, 1.54) is 12.1 Å². The van der Waals surface area contributed by atoms with E-state index < -0.39 is 20.6 Å². The normalized spacial score (nSPS) is 12.3. The average Bonchev–Trinajstić information content (AvgIpc) is 2.39. The summed E-state index contributed by atoms with van der Waals surface area (Å²) < 4.78 is 23.7. The van der Waals surface area contributed by atoms with Gasteiger partial charge in [-0.3, -0.25) is 4.79 Å². The Morgan fingerprint density at radius 2 is 1.58 bits per heavy atom. The van der Waals surface area contributed by atoms with E-state index in [0.717, 1.165) is 0 Å². The Morgan fingerprint density at radius 1 is 1.11 bits per heavy atom. The van der Waals surface area contributed by atoms with Crippen molar-refractivity contribution in [3.8, 4) is 0 Å². The third-order valence-corrected chi connectivity index (χ3v) is 5.77. The van der Waals surface area contributed by atoms with E-state index >= 15 is 0 Å². The Morgan fingerprint density at radius 3 is 1.95 bits per heavy atom. The summed E-state index contributed by atoms with van der Waals surface area (Å²) in [5.41, 5.74) is 0. The van der Waals surface area contributed by atoms with Crippen LogP contribution in [0, 0.1) is 0 Å². The monoisotopic (exact) mass is 284 g/mol. The van der Waals surface area contributed by atoms with Gasteiger partial charge in [-0.05, 0) is 25.0 Å². The number of carbonyl (C=O) groups is 1. The van der Waals surface area contributed by atoms with Crippen molar-refractivity contribution < 1.29 is 18.3 Å². The topological polar surface area (TPSA) is 71.4 Å². The van der Waals surface area contributed by atoms with Crippen molar-refractivity contribution in [1.29, 1.82) is 0 Å². The SMILES string of the molecule is CCCC(CCC)(C(=O)O)S(=O)(=O)c1ccccc1. The minimum atomic E-state index is -3.89. The maximum atomic E-state index is 12.7. The molecule has 1 N–H and O–H groups in total. The molecule has 0 fully saturated rings. The van der Waals surface area contributed by atoms with Gasteiger partial charge in [0.2, 0.25) is 0 Å². The molecular formula is C14H20O4S. The molecule has 0 aliphatic carbocycles. The number of carboxylic acid groups (broad SMARTS) is 1. The van der Waals surface area contributed by atoms with Crippen LogP contribution >= 0.6 is 0 Å². The van der Waals surface area contributed by atoms with Gasteiger partial charge in [-0.2, -0.15) is 0 Å². The second-order valence-electron chi connectivity index (χ2n) is 4.62. The molecule has 0 heterocycles. The fourth-order valence-electron chi connectivity index (χ4n) is 2.36. The van der Waals surface area contributed by atoms with Crippen LogP contribution in [0.15, 0.2) is 35.2 Å². The minimum Gasteiger partial charge on any atom is -0.480 e. The van der Waals surface area contributed by atoms with E-state index in [0.29, 0.717) is 12.8 Å². The van der Waals surface area contributed by atoms with Gasteiger partial charge in [0.25, 0.3) is 0 Å². The summed E-state index contributed by atoms with van der Waals surface area (Å²) in [6.45, 7) is 3.60. The van der Waals surface area contributed by atoms with Crippen molar-refractivity contribution in [2.45, 2.75) is 49.2 Å². The van der Waals surface area contributed by atoms with Crippen molar-refractivity contribution in [1.82, 2.24) is 0 Å². The summed E-state index contributed by atoms with van der Waals surface area (Å²) in [6, 6.07) is 7.84. The molecule has 1 aromatic rings. The van der Waals surface area contributed by atoms with Crippen LogP contribution in [0.25, 0.3) is 0 Å². The van der Waals surface area contributed by atoms with E-state index in [9.17, 15) is 18.3 Å². The molecule has 0 saturated carbocycles. The molecule has 0 atom stereocenters. The second kappa shape index (κ2) is 6.19. The largest absolute Gasteiger partial charge is 0.480 e. The first-order valence-electron chi connectivity index (χ1n) is 6.45. The van der Waals surface area contributed by atoms with Crippen LogP contribution in [0.5, 0.6) is 0 Å². The molecule has 0 saturated heterocycles.